The molecule has 2 aromatic rings. The molecule has 7 heteroatoms. The van der Waals surface area contributed by atoms with Crippen LogP contribution in [0.4, 0.5) is 17.1 Å². The van der Waals surface area contributed by atoms with E-state index in [0.717, 1.165) is 0 Å². The maximum atomic E-state index is 13.2. The molecule has 1 unspecified atom stereocenters. The fourth-order valence-corrected chi connectivity index (χ4v) is 2.90. The first kappa shape index (κ1) is 22.5. The summed E-state index contributed by atoms with van der Waals surface area (Å²) in [4.78, 5) is 38.5. The van der Waals surface area contributed by atoms with Gasteiger partial charge in [0.1, 0.15) is 6.04 Å². The Kier molecular flexibility index (Phi) is 6.85. The average molecular weight is 406 g/mol. The highest BCUT2D eigenvalue weighted by Gasteiger charge is 2.33. The summed E-state index contributed by atoms with van der Waals surface area (Å²) in [6.07, 6.45) is 5.42. The predicted octanol–water partition coefficient (Wildman–Crippen LogP) is 2.85. The molecule has 0 aliphatic heterocycles. The van der Waals surface area contributed by atoms with Crippen molar-refractivity contribution in [1.29, 1.82) is 0 Å². The number of nitrogen functional groups attached to an aromatic ring is 1. The molecule has 0 radical (unpaired) electrons. The second-order valence-corrected chi connectivity index (χ2v) is 7.86. The smallest absolute Gasteiger partial charge is 0.303 e. The zero-order valence-electron chi connectivity index (χ0n) is 17.5. The summed E-state index contributed by atoms with van der Waals surface area (Å²) in [5.74, 6) is 0.823. The lowest BCUT2D eigenvalue weighted by Crippen LogP contribution is -2.49. The minimum atomic E-state index is -1.01. The molecule has 0 aliphatic carbocycles. The topological polar surface area (TPSA) is 105 Å². The van der Waals surface area contributed by atoms with E-state index in [0.29, 0.717) is 22.6 Å². The monoisotopic (exact) mass is 406 g/mol. The van der Waals surface area contributed by atoms with Gasteiger partial charge >= 0.3 is 5.91 Å². The molecule has 4 N–H and O–H groups in total. The summed E-state index contributed by atoms with van der Waals surface area (Å²) >= 11 is 0. The number of nitrogens with zero attached hydrogens (tertiary/aromatic N) is 1. The molecule has 7 nitrogen and oxygen atoms in total. The fourth-order valence-electron chi connectivity index (χ4n) is 2.90. The Morgan fingerprint density at radius 1 is 1.03 bits per heavy atom. The summed E-state index contributed by atoms with van der Waals surface area (Å²) in [5, 5.41) is 5.57. The van der Waals surface area contributed by atoms with Crippen LogP contribution >= 0.6 is 0 Å². The molecule has 30 heavy (non-hydrogen) atoms. The van der Waals surface area contributed by atoms with Gasteiger partial charge in [-0.25, -0.2) is 0 Å². The van der Waals surface area contributed by atoms with Gasteiger partial charge in [0.25, 0.3) is 0 Å². The molecular weight excluding hydrogens is 380 g/mol. The number of carbonyl (C=O) groups excluding carboxylic acids is 3. The zero-order chi connectivity index (χ0) is 22.5. The Labute approximate surface area is 176 Å². The lowest BCUT2D eigenvalue weighted by molar-refractivity contribution is -0.126. The number of amides is 3. The van der Waals surface area contributed by atoms with Crippen molar-refractivity contribution in [3.8, 4) is 12.3 Å². The van der Waals surface area contributed by atoms with Crippen molar-refractivity contribution in [2.24, 2.45) is 0 Å². The zero-order valence-corrected chi connectivity index (χ0v) is 17.5. The molecule has 3 amide bonds. The molecule has 0 fully saturated rings. The molecule has 1 atom stereocenters. The molecule has 156 valence electrons. The number of terminal acetylenes is 1. The highest BCUT2D eigenvalue weighted by Crippen LogP contribution is 2.30. The van der Waals surface area contributed by atoms with Gasteiger partial charge in [-0.1, -0.05) is 12.1 Å². The number of rotatable bonds is 5. The fraction of sp³-hybridized carbons (Fsp3) is 0.261. The largest absolute Gasteiger partial charge is 0.399 e. The standard InChI is InChI=1S/C23H26N4O3/c1-6-20(29)27(19-13-11-18(12-14-19)25-15(2)28)21(22(30)26-23(3,4)5)16-7-9-17(24)10-8-16/h1,7-14,21H,24H2,2-5H3,(H,25,28)(H,26,30). The third-order valence-corrected chi connectivity index (χ3v) is 4.07. The van der Waals surface area contributed by atoms with Gasteiger partial charge in [-0.05, 0) is 68.7 Å². The van der Waals surface area contributed by atoms with E-state index in [1.165, 1.54) is 11.8 Å². The Morgan fingerprint density at radius 3 is 2.07 bits per heavy atom. The van der Waals surface area contributed by atoms with E-state index in [4.69, 9.17) is 12.2 Å². The average Bonchev–Trinajstić information content (AvgIpc) is 2.65. The molecule has 0 heterocycles. The van der Waals surface area contributed by atoms with Crippen LogP contribution in [0.1, 0.15) is 39.3 Å². The first-order chi connectivity index (χ1) is 14.0. The van der Waals surface area contributed by atoms with Crippen molar-refractivity contribution in [3.05, 3.63) is 54.1 Å². The van der Waals surface area contributed by atoms with Crippen LogP contribution in [-0.4, -0.2) is 23.3 Å². The van der Waals surface area contributed by atoms with E-state index in [1.54, 1.807) is 48.5 Å². The van der Waals surface area contributed by atoms with Crippen LogP contribution in [0.25, 0.3) is 0 Å². The summed E-state index contributed by atoms with van der Waals surface area (Å²) in [6, 6.07) is 12.2. The Bertz CT molecular complexity index is 967. The van der Waals surface area contributed by atoms with Crippen molar-refractivity contribution in [3.63, 3.8) is 0 Å². The number of nitrogens with one attached hydrogen (secondary N) is 2. The van der Waals surface area contributed by atoms with Gasteiger partial charge in [0.15, 0.2) is 0 Å². The van der Waals surface area contributed by atoms with E-state index < -0.39 is 17.5 Å². The molecular formula is C23H26N4O3. The van der Waals surface area contributed by atoms with E-state index >= 15 is 0 Å². The van der Waals surface area contributed by atoms with Crippen molar-refractivity contribution in [2.75, 3.05) is 16.0 Å². The van der Waals surface area contributed by atoms with Crippen molar-refractivity contribution >= 4 is 34.8 Å². The third kappa shape index (κ3) is 5.85. The van der Waals surface area contributed by atoms with Crippen molar-refractivity contribution in [2.45, 2.75) is 39.3 Å². The number of hydrogen-bond acceptors (Lipinski definition) is 4. The van der Waals surface area contributed by atoms with Gasteiger partial charge in [-0.15, -0.1) is 6.42 Å². The number of hydrogen-bond donors (Lipinski definition) is 3. The number of carbonyl (C=O) groups is 3. The molecule has 0 saturated heterocycles. The Balaban J connectivity index is 2.57. The van der Waals surface area contributed by atoms with E-state index in [1.807, 2.05) is 20.8 Å². The second kappa shape index (κ2) is 9.14. The van der Waals surface area contributed by atoms with Crippen LogP contribution in [0.5, 0.6) is 0 Å². The van der Waals surface area contributed by atoms with Crippen LogP contribution in [0.15, 0.2) is 48.5 Å². The normalized spacial score (nSPS) is 11.7. The summed E-state index contributed by atoms with van der Waals surface area (Å²) in [5.41, 5.74) is 7.32. The third-order valence-electron chi connectivity index (χ3n) is 4.07. The van der Waals surface area contributed by atoms with Gasteiger partial charge < -0.3 is 16.4 Å². The molecule has 2 rings (SSSR count). The van der Waals surface area contributed by atoms with Gasteiger partial charge in [-0.2, -0.15) is 0 Å². The SMILES string of the molecule is C#CC(=O)N(c1ccc(NC(C)=O)cc1)C(C(=O)NC(C)(C)C)c1ccc(N)cc1. The van der Waals surface area contributed by atoms with E-state index in [9.17, 15) is 14.4 Å². The molecule has 0 spiro atoms. The van der Waals surface area contributed by atoms with E-state index in [-0.39, 0.29) is 11.8 Å². The minimum absolute atomic E-state index is 0.219. The maximum Gasteiger partial charge on any atom is 0.303 e. The molecule has 0 bridgehead atoms. The van der Waals surface area contributed by atoms with Crippen LogP contribution in [0, 0.1) is 12.3 Å². The Morgan fingerprint density at radius 2 is 1.60 bits per heavy atom. The second-order valence-electron chi connectivity index (χ2n) is 7.86. The molecule has 2 aromatic carbocycles. The number of anilines is 3. The predicted molar refractivity (Wildman–Crippen MR) is 119 cm³/mol. The lowest BCUT2D eigenvalue weighted by atomic mass is 10.0. The van der Waals surface area contributed by atoms with Crippen molar-refractivity contribution < 1.29 is 14.4 Å². The molecule has 0 aliphatic rings. The lowest BCUT2D eigenvalue weighted by Gasteiger charge is -2.32. The van der Waals surface area contributed by atoms with Gasteiger partial charge in [0.05, 0.1) is 0 Å². The maximum absolute atomic E-state index is 13.2. The summed E-state index contributed by atoms with van der Waals surface area (Å²) in [6.45, 7) is 6.94. The quantitative estimate of drug-likeness (QED) is 0.524. The van der Waals surface area contributed by atoms with Gasteiger partial charge in [0, 0.05) is 29.5 Å². The number of nitrogens with two attached hydrogens (primary N) is 1. The highest BCUT2D eigenvalue weighted by molar-refractivity contribution is 6.09. The first-order valence-corrected chi connectivity index (χ1v) is 9.37. The van der Waals surface area contributed by atoms with Crippen LogP contribution in [0.3, 0.4) is 0 Å². The summed E-state index contributed by atoms with van der Waals surface area (Å²) < 4.78 is 0. The van der Waals surface area contributed by atoms with Crippen molar-refractivity contribution in [1.82, 2.24) is 5.32 Å². The summed E-state index contributed by atoms with van der Waals surface area (Å²) in [7, 11) is 0. The molecule has 0 saturated carbocycles. The number of benzene rings is 2. The van der Waals surface area contributed by atoms with Crippen LogP contribution in [0.2, 0.25) is 0 Å². The highest BCUT2D eigenvalue weighted by atomic mass is 16.2. The Hall–Kier alpha value is -3.79. The minimum Gasteiger partial charge on any atom is -0.399 e. The first-order valence-electron chi connectivity index (χ1n) is 9.37. The van der Waals surface area contributed by atoms with Gasteiger partial charge in [0.2, 0.25) is 11.8 Å². The van der Waals surface area contributed by atoms with Gasteiger partial charge in [-0.3, -0.25) is 19.3 Å². The molecule has 0 aromatic heterocycles. The van der Waals surface area contributed by atoms with Crippen LogP contribution < -0.4 is 21.3 Å². The van der Waals surface area contributed by atoms with E-state index in [2.05, 4.69) is 16.6 Å². The van der Waals surface area contributed by atoms with Crippen LogP contribution in [-0.2, 0) is 14.4 Å².